The first kappa shape index (κ1) is 22.5. The van der Waals surface area contributed by atoms with Gasteiger partial charge in [0, 0.05) is 25.1 Å². The highest BCUT2D eigenvalue weighted by molar-refractivity contribution is 7.91. The summed E-state index contributed by atoms with van der Waals surface area (Å²) in [5, 5.41) is 2.80. The summed E-state index contributed by atoms with van der Waals surface area (Å²) in [5.41, 5.74) is 1.91. The lowest BCUT2D eigenvalue weighted by atomic mass is 10.2. The highest BCUT2D eigenvalue weighted by Gasteiger charge is 2.24. The fourth-order valence-corrected chi connectivity index (χ4v) is 4.64. The quantitative estimate of drug-likeness (QED) is 0.443. The van der Waals surface area contributed by atoms with E-state index in [1.54, 1.807) is 61.1 Å². The third-order valence-electron chi connectivity index (χ3n) is 4.92. The van der Waals surface area contributed by atoms with Crippen LogP contribution in [0.3, 0.4) is 0 Å². The molecular weight excluding hydrogens is 445 g/mol. The molecule has 1 N–H and O–H groups in total. The van der Waals surface area contributed by atoms with E-state index in [4.69, 9.17) is 4.74 Å². The molecule has 0 aliphatic carbocycles. The van der Waals surface area contributed by atoms with Crippen molar-refractivity contribution in [3.8, 4) is 5.75 Å². The number of carbonyl (C=O) groups excluding carboxylic acids is 1. The monoisotopic (exact) mass is 467 g/mol. The molecule has 33 heavy (non-hydrogen) atoms. The predicted molar refractivity (Wildman–Crippen MR) is 120 cm³/mol. The number of rotatable bonds is 7. The molecule has 0 radical (unpaired) electrons. The molecule has 0 atom stereocenters. The fraction of sp³-hybridized carbons (Fsp3) is 0.167. The van der Waals surface area contributed by atoms with Gasteiger partial charge in [-0.1, -0.05) is 18.2 Å². The van der Waals surface area contributed by atoms with E-state index >= 15 is 0 Å². The number of carbonyl (C=O) groups is 1. The molecule has 2 heterocycles. The second-order valence-corrected chi connectivity index (χ2v) is 9.59. The van der Waals surface area contributed by atoms with Crippen molar-refractivity contribution in [2.24, 2.45) is 0 Å². The minimum atomic E-state index is -4.09. The molecule has 2 aromatic heterocycles. The maximum atomic E-state index is 14.8. The molecule has 0 fully saturated rings. The van der Waals surface area contributed by atoms with Crippen molar-refractivity contribution >= 4 is 21.4 Å². The number of benzene rings is 2. The van der Waals surface area contributed by atoms with Gasteiger partial charge in [-0.2, -0.15) is 0 Å². The second kappa shape index (κ2) is 9.03. The SMILES string of the molecule is CC(C)Oc1cccc(S(=O)(=O)c2ccc(CNC(=O)c3ccc4nccn4c3)cc2)c1F. The summed E-state index contributed by atoms with van der Waals surface area (Å²) in [4.78, 5) is 16.1. The topological polar surface area (TPSA) is 89.8 Å². The standard InChI is InChI=1S/C24H22FN3O4S/c1-16(2)32-20-4-3-5-21(23(20)25)33(30,31)19-9-6-17(7-10-19)14-27-24(29)18-8-11-22-26-12-13-28(22)15-18/h3-13,15-16H,14H2,1-2H3,(H,27,29). The number of hydrogen-bond acceptors (Lipinski definition) is 5. The minimum Gasteiger partial charge on any atom is -0.488 e. The van der Waals surface area contributed by atoms with E-state index in [-0.39, 0.29) is 29.2 Å². The summed E-state index contributed by atoms with van der Waals surface area (Å²) in [5.74, 6) is -1.30. The van der Waals surface area contributed by atoms with Crippen LogP contribution in [0.4, 0.5) is 4.39 Å². The number of pyridine rings is 1. The Bertz CT molecular complexity index is 1410. The van der Waals surface area contributed by atoms with Crippen LogP contribution in [-0.2, 0) is 16.4 Å². The maximum Gasteiger partial charge on any atom is 0.253 e. The van der Waals surface area contributed by atoms with E-state index in [2.05, 4.69) is 10.3 Å². The highest BCUT2D eigenvalue weighted by atomic mass is 32.2. The van der Waals surface area contributed by atoms with Crippen LogP contribution in [0.15, 0.2) is 83.0 Å². The molecule has 0 saturated heterocycles. The molecule has 0 aliphatic rings. The smallest absolute Gasteiger partial charge is 0.253 e. The zero-order chi connectivity index (χ0) is 23.6. The van der Waals surface area contributed by atoms with Gasteiger partial charge in [0.1, 0.15) is 10.5 Å². The van der Waals surface area contributed by atoms with Crippen LogP contribution >= 0.6 is 0 Å². The average molecular weight is 468 g/mol. The molecule has 1 amide bonds. The van der Waals surface area contributed by atoms with Crippen molar-refractivity contribution in [1.29, 1.82) is 0 Å². The normalized spacial score (nSPS) is 11.6. The Morgan fingerprint density at radius 3 is 2.61 bits per heavy atom. The Kier molecular flexibility index (Phi) is 6.15. The number of aromatic nitrogens is 2. The highest BCUT2D eigenvalue weighted by Crippen LogP contribution is 2.29. The van der Waals surface area contributed by atoms with Gasteiger partial charge < -0.3 is 14.5 Å². The maximum absolute atomic E-state index is 14.8. The van der Waals surface area contributed by atoms with E-state index in [0.29, 0.717) is 11.1 Å². The van der Waals surface area contributed by atoms with Crippen LogP contribution in [0, 0.1) is 5.82 Å². The van der Waals surface area contributed by atoms with E-state index in [1.165, 1.54) is 30.3 Å². The summed E-state index contributed by atoms with van der Waals surface area (Å²) in [6.45, 7) is 3.66. The second-order valence-electron chi connectivity index (χ2n) is 7.68. The Morgan fingerprint density at radius 1 is 1.12 bits per heavy atom. The first-order valence-electron chi connectivity index (χ1n) is 10.3. The molecule has 0 unspecified atom stereocenters. The van der Waals surface area contributed by atoms with Crippen molar-refractivity contribution in [3.63, 3.8) is 0 Å². The molecule has 4 rings (SSSR count). The van der Waals surface area contributed by atoms with E-state index in [0.717, 1.165) is 5.65 Å². The third kappa shape index (κ3) is 4.73. The first-order chi connectivity index (χ1) is 15.8. The largest absolute Gasteiger partial charge is 0.488 e. The Morgan fingerprint density at radius 2 is 1.88 bits per heavy atom. The number of ether oxygens (including phenoxy) is 1. The van der Waals surface area contributed by atoms with Crippen LogP contribution in [-0.4, -0.2) is 29.8 Å². The number of halogens is 1. The van der Waals surface area contributed by atoms with Gasteiger partial charge >= 0.3 is 0 Å². The van der Waals surface area contributed by atoms with Crippen LogP contribution in [0.1, 0.15) is 29.8 Å². The van der Waals surface area contributed by atoms with Gasteiger partial charge in [-0.25, -0.2) is 17.8 Å². The summed E-state index contributed by atoms with van der Waals surface area (Å²) in [6, 6.07) is 13.4. The van der Waals surface area contributed by atoms with E-state index in [9.17, 15) is 17.6 Å². The van der Waals surface area contributed by atoms with Gasteiger partial charge in [0.2, 0.25) is 9.84 Å². The number of sulfone groups is 1. The molecule has 7 nitrogen and oxygen atoms in total. The first-order valence-corrected chi connectivity index (χ1v) is 11.7. The molecule has 4 aromatic rings. The van der Waals surface area contributed by atoms with Crippen molar-refractivity contribution in [2.75, 3.05) is 0 Å². The third-order valence-corrected chi connectivity index (χ3v) is 6.70. The van der Waals surface area contributed by atoms with Gasteiger partial charge in [0.05, 0.1) is 16.6 Å². The molecule has 0 aliphatic heterocycles. The van der Waals surface area contributed by atoms with Crippen LogP contribution < -0.4 is 10.1 Å². The number of amides is 1. The van der Waals surface area contributed by atoms with Crippen molar-refractivity contribution in [1.82, 2.24) is 14.7 Å². The van der Waals surface area contributed by atoms with Gasteiger partial charge in [0.25, 0.3) is 5.91 Å². The fourth-order valence-electron chi connectivity index (χ4n) is 3.30. The molecule has 170 valence electrons. The Hall–Kier alpha value is -3.72. The van der Waals surface area contributed by atoms with Crippen LogP contribution in [0.5, 0.6) is 5.75 Å². The van der Waals surface area contributed by atoms with Gasteiger partial charge in [-0.05, 0) is 55.8 Å². The van der Waals surface area contributed by atoms with Gasteiger partial charge in [0.15, 0.2) is 11.6 Å². The summed E-state index contributed by atoms with van der Waals surface area (Å²) in [6.07, 6.45) is 4.78. The molecule has 0 spiro atoms. The van der Waals surface area contributed by atoms with Crippen molar-refractivity contribution in [2.45, 2.75) is 36.3 Å². The molecule has 9 heteroatoms. The number of hydrogen-bond donors (Lipinski definition) is 1. The van der Waals surface area contributed by atoms with Crippen LogP contribution in [0.2, 0.25) is 0 Å². The Balaban J connectivity index is 1.48. The zero-order valence-corrected chi connectivity index (χ0v) is 18.8. The van der Waals surface area contributed by atoms with Crippen molar-refractivity contribution < 1.29 is 22.3 Å². The van der Waals surface area contributed by atoms with E-state index < -0.39 is 20.5 Å². The average Bonchev–Trinajstić information content (AvgIpc) is 3.26. The molecule has 0 bridgehead atoms. The van der Waals surface area contributed by atoms with Crippen molar-refractivity contribution in [3.05, 3.63) is 90.1 Å². The minimum absolute atomic E-state index is 0.0521. The molecule has 0 saturated carbocycles. The zero-order valence-electron chi connectivity index (χ0n) is 18.0. The summed E-state index contributed by atoms with van der Waals surface area (Å²) >= 11 is 0. The predicted octanol–water partition coefficient (Wildman–Crippen LogP) is 4.02. The van der Waals surface area contributed by atoms with Gasteiger partial charge in [-0.15, -0.1) is 0 Å². The lowest BCUT2D eigenvalue weighted by Gasteiger charge is -2.13. The number of imidazole rings is 1. The van der Waals surface area contributed by atoms with Gasteiger partial charge in [-0.3, -0.25) is 4.79 Å². The lowest BCUT2D eigenvalue weighted by molar-refractivity contribution is 0.0950. The number of fused-ring (bicyclic) bond motifs is 1. The van der Waals surface area contributed by atoms with Crippen LogP contribution in [0.25, 0.3) is 5.65 Å². The molecule has 2 aromatic carbocycles. The Labute approximate surface area is 190 Å². The number of nitrogens with zero attached hydrogens (tertiary/aromatic N) is 2. The summed E-state index contributed by atoms with van der Waals surface area (Å²) < 4.78 is 47.8. The number of nitrogens with one attached hydrogen (secondary N) is 1. The molecular formula is C24H22FN3O4S. The lowest BCUT2D eigenvalue weighted by Crippen LogP contribution is -2.23. The van der Waals surface area contributed by atoms with E-state index in [1.807, 2.05) is 0 Å². The summed E-state index contributed by atoms with van der Waals surface area (Å²) in [7, 11) is -4.09.